The predicted molar refractivity (Wildman–Crippen MR) is 106 cm³/mol. The monoisotopic (exact) mass is 419 g/mol. The maximum Gasteiger partial charge on any atom is 0.416 e. The number of hydrogen-bond donors (Lipinski definition) is 2. The van der Waals surface area contributed by atoms with E-state index < -0.39 is 11.7 Å². The number of H-pyrrole nitrogens is 2. The number of aromatic nitrogens is 3. The molecule has 0 amide bonds. The summed E-state index contributed by atoms with van der Waals surface area (Å²) in [6.07, 6.45) is -3.57. The van der Waals surface area contributed by atoms with Gasteiger partial charge in [-0.15, -0.1) is 0 Å². The van der Waals surface area contributed by atoms with E-state index in [1.54, 1.807) is 0 Å². The second-order valence-corrected chi connectivity index (χ2v) is 7.62. The molecule has 0 radical (unpaired) electrons. The molecule has 0 spiro atoms. The normalized spacial score (nSPS) is 13.6. The second-order valence-electron chi connectivity index (χ2n) is 6.80. The Kier molecular flexibility index (Phi) is 3.76. The average Bonchev–Trinajstić information content (AvgIpc) is 3.19. The van der Waals surface area contributed by atoms with Gasteiger partial charge in [0.1, 0.15) is 0 Å². The van der Waals surface area contributed by atoms with Crippen LogP contribution in [0.3, 0.4) is 0 Å². The zero-order valence-corrected chi connectivity index (χ0v) is 15.9. The number of fused-ring (bicyclic) bond motifs is 5. The molecule has 3 heterocycles. The summed E-state index contributed by atoms with van der Waals surface area (Å²) in [4.78, 5) is 6.61. The third kappa shape index (κ3) is 2.61. The molecule has 2 aromatic carbocycles. The molecule has 28 heavy (non-hydrogen) atoms. The third-order valence-electron chi connectivity index (χ3n) is 5.18. The van der Waals surface area contributed by atoms with Crippen molar-refractivity contribution in [1.29, 1.82) is 0 Å². The molecule has 0 bridgehead atoms. The van der Waals surface area contributed by atoms with E-state index in [-0.39, 0.29) is 0 Å². The molecule has 0 saturated carbocycles. The van der Waals surface area contributed by atoms with Crippen molar-refractivity contribution < 1.29 is 13.2 Å². The van der Waals surface area contributed by atoms with Crippen LogP contribution in [-0.2, 0) is 19.1 Å². The predicted octanol–water partition coefficient (Wildman–Crippen LogP) is 6.59. The lowest BCUT2D eigenvalue weighted by molar-refractivity contribution is -0.137. The molecular weight excluding hydrogens is 407 g/mol. The fourth-order valence-corrected chi connectivity index (χ4v) is 4.34. The van der Waals surface area contributed by atoms with Crippen LogP contribution in [0.5, 0.6) is 0 Å². The first-order valence-electron chi connectivity index (χ1n) is 8.64. The highest BCUT2D eigenvalue weighted by Gasteiger charge is 2.31. The van der Waals surface area contributed by atoms with Crippen LogP contribution < -0.4 is 0 Å². The Morgan fingerprint density at radius 2 is 1.75 bits per heavy atom. The Hall–Kier alpha value is -2.51. The summed E-state index contributed by atoms with van der Waals surface area (Å²) < 4.78 is 41.2. The Balaban J connectivity index is 1.72. The third-order valence-corrected chi connectivity index (χ3v) is 5.73. The summed E-state index contributed by atoms with van der Waals surface area (Å²) in [7, 11) is 0. The molecule has 4 aromatic rings. The number of imidazole rings is 1. The van der Waals surface area contributed by atoms with Crippen molar-refractivity contribution in [3.63, 3.8) is 0 Å². The van der Waals surface area contributed by atoms with Gasteiger partial charge < -0.3 is 14.5 Å². The van der Waals surface area contributed by atoms with Crippen LogP contribution in [0, 0.1) is 4.77 Å². The van der Waals surface area contributed by atoms with Crippen LogP contribution in [0.4, 0.5) is 13.2 Å². The number of alkyl halides is 3. The van der Waals surface area contributed by atoms with Crippen molar-refractivity contribution in [2.45, 2.75) is 19.1 Å². The number of rotatable bonds is 1. The topological polar surface area (TPSA) is 36.5 Å². The van der Waals surface area contributed by atoms with E-state index in [9.17, 15) is 13.2 Å². The highest BCUT2D eigenvalue weighted by atomic mass is 35.5. The van der Waals surface area contributed by atoms with Crippen LogP contribution >= 0.6 is 23.8 Å². The summed E-state index contributed by atoms with van der Waals surface area (Å²) in [6, 6.07) is 10.8. The van der Waals surface area contributed by atoms with E-state index in [1.165, 1.54) is 12.1 Å². The lowest BCUT2D eigenvalue weighted by atomic mass is 9.99. The van der Waals surface area contributed by atoms with Gasteiger partial charge in [0.25, 0.3) is 0 Å². The first-order valence-corrected chi connectivity index (χ1v) is 9.42. The molecule has 8 heteroatoms. The highest BCUT2D eigenvalue weighted by molar-refractivity contribution is 7.71. The van der Waals surface area contributed by atoms with E-state index in [1.807, 2.05) is 22.8 Å². The number of aromatic amines is 2. The number of halogens is 4. The minimum absolute atomic E-state index is 0.548. The molecule has 2 aromatic heterocycles. The quantitative estimate of drug-likeness (QED) is 0.335. The molecule has 0 saturated heterocycles. The van der Waals surface area contributed by atoms with Gasteiger partial charge in [-0.1, -0.05) is 23.7 Å². The van der Waals surface area contributed by atoms with Crippen LogP contribution in [0.15, 0.2) is 42.5 Å². The minimum Gasteiger partial charge on any atom is -0.353 e. The SMILES string of the molecule is FC(F)(F)c1ccc(-c2[nH]c(=S)n3c2-c2[nH]c4ccc(Cl)cc4c2CC3)cc1. The highest BCUT2D eigenvalue weighted by Crippen LogP contribution is 2.41. The van der Waals surface area contributed by atoms with Crippen molar-refractivity contribution in [3.8, 4) is 22.6 Å². The molecule has 142 valence electrons. The van der Waals surface area contributed by atoms with Gasteiger partial charge in [-0.25, -0.2) is 0 Å². The van der Waals surface area contributed by atoms with E-state index in [4.69, 9.17) is 23.8 Å². The zero-order valence-electron chi connectivity index (χ0n) is 14.3. The molecule has 0 atom stereocenters. The van der Waals surface area contributed by atoms with Gasteiger partial charge in [0.15, 0.2) is 4.77 Å². The van der Waals surface area contributed by atoms with Gasteiger partial charge >= 0.3 is 6.18 Å². The maximum atomic E-state index is 12.9. The van der Waals surface area contributed by atoms with E-state index in [2.05, 4.69) is 9.97 Å². The van der Waals surface area contributed by atoms with E-state index in [0.717, 1.165) is 46.4 Å². The Morgan fingerprint density at radius 1 is 1.00 bits per heavy atom. The summed E-state index contributed by atoms with van der Waals surface area (Å²) in [6.45, 7) is 0.692. The van der Waals surface area contributed by atoms with Gasteiger partial charge in [0, 0.05) is 28.0 Å². The standard InChI is InChI=1S/C20H13ClF3N3S/c21-12-5-6-15-14(9-12)13-7-8-27-18(17(13)25-15)16(26-19(27)28)10-1-3-11(4-2-10)20(22,23)24/h1-6,9,25H,7-8H2,(H,26,28). The molecule has 3 nitrogen and oxygen atoms in total. The second kappa shape index (κ2) is 5.99. The fraction of sp³-hybridized carbons (Fsp3) is 0.150. The van der Waals surface area contributed by atoms with Crippen molar-refractivity contribution in [2.24, 2.45) is 0 Å². The van der Waals surface area contributed by atoms with Gasteiger partial charge in [-0.05, 0) is 54.5 Å². The van der Waals surface area contributed by atoms with Gasteiger partial charge in [0.2, 0.25) is 0 Å². The molecule has 0 unspecified atom stereocenters. The Morgan fingerprint density at radius 3 is 2.46 bits per heavy atom. The molecule has 5 rings (SSSR count). The fourth-order valence-electron chi connectivity index (χ4n) is 3.88. The number of nitrogens with zero attached hydrogens (tertiary/aromatic N) is 1. The van der Waals surface area contributed by atoms with Crippen molar-refractivity contribution in [1.82, 2.24) is 14.5 Å². The minimum atomic E-state index is -4.37. The van der Waals surface area contributed by atoms with Gasteiger partial charge in [-0.3, -0.25) is 0 Å². The first kappa shape index (κ1) is 17.6. The van der Waals surface area contributed by atoms with Crippen LogP contribution in [0.25, 0.3) is 33.5 Å². The van der Waals surface area contributed by atoms with Gasteiger partial charge in [-0.2, -0.15) is 13.2 Å². The molecule has 0 aliphatic carbocycles. The van der Waals surface area contributed by atoms with E-state index in [0.29, 0.717) is 27.6 Å². The summed E-state index contributed by atoms with van der Waals surface area (Å²) in [5, 5.41) is 1.72. The lowest BCUT2D eigenvalue weighted by Crippen LogP contribution is -2.10. The molecule has 1 aliphatic heterocycles. The first-order chi connectivity index (χ1) is 13.3. The molecule has 2 N–H and O–H groups in total. The van der Waals surface area contributed by atoms with Crippen LogP contribution in [-0.4, -0.2) is 14.5 Å². The summed E-state index contributed by atoms with van der Waals surface area (Å²) >= 11 is 11.6. The Labute approximate surface area is 167 Å². The number of hydrogen-bond acceptors (Lipinski definition) is 1. The van der Waals surface area contributed by atoms with E-state index >= 15 is 0 Å². The summed E-state index contributed by atoms with van der Waals surface area (Å²) in [5.41, 5.74) is 4.57. The zero-order chi connectivity index (χ0) is 19.6. The number of nitrogens with one attached hydrogen (secondary N) is 2. The largest absolute Gasteiger partial charge is 0.416 e. The maximum absolute atomic E-state index is 12.9. The molecule has 1 aliphatic rings. The van der Waals surface area contributed by atoms with Crippen molar-refractivity contribution in [2.75, 3.05) is 0 Å². The summed E-state index contributed by atoms with van der Waals surface area (Å²) in [5.74, 6) is 0. The van der Waals surface area contributed by atoms with Gasteiger partial charge in [0.05, 0.1) is 22.6 Å². The number of benzene rings is 2. The van der Waals surface area contributed by atoms with Crippen LogP contribution in [0.1, 0.15) is 11.1 Å². The number of aryl methyl sites for hydroxylation is 1. The van der Waals surface area contributed by atoms with Crippen molar-refractivity contribution >= 4 is 34.7 Å². The molecule has 0 fully saturated rings. The van der Waals surface area contributed by atoms with Crippen LogP contribution in [0.2, 0.25) is 5.02 Å². The average molecular weight is 420 g/mol. The Bertz CT molecular complexity index is 1280. The lowest BCUT2D eigenvalue weighted by Gasteiger charge is -2.17. The van der Waals surface area contributed by atoms with Crippen molar-refractivity contribution in [3.05, 3.63) is 63.4 Å². The smallest absolute Gasteiger partial charge is 0.353 e. The molecular formula is C20H13ClF3N3S.